The first-order valence-electron chi connectivity index (χ1n) is 2.56. The van der Waals surface area contributed by atoms with E-state index in [1.165, 1.54) is 0 Å². The van der Waals surface area contributed by atoms with Crippen molar-refractivity contribution >= 4 is 5.97 Å². The normalized spacial score (nSPS) is 23.1. The number of rotatable bonds is 2. The van der Waals surface area contributed by atoms with Gasteiger partial charge in [-0.2, -0.15) is 0 Å². The van der Waals surface area contributed by atoms with Crippen molar-refractivity contribution in [1.82, 2.24) is 0 Å². The summed E-state index contributed by atoms with van der Waals surface area (Å²) < 4.78 is 6.72. The van der Waals surface area contributed by atoms with Crippen LogP contribution in [-0.2, 0) is 4.79 Å². The van der Waals surface area contributed by atoms with Crippen molar-refractivity contribution in [1.29, 1.82) is 0 Å². The molecule has 0 saturated heterocycles. The Morgan fingerprint density at radius 2 is 2.38 bits per heavy atom. The molecule has 0 aliphatic carbocycles. The highest BCUT2D eigenvalue weighted by Gasteiger charge is 2.16. The summed E-state index contributed by atoms with van der Waals surface area (Å²) in [6, 6.07) is -1.54. The Bertz CT molecular complexity index is 119. The molecule has 48 valence electrons. The molecule has 0 aromatic carbocycles. The molecule has 2 atom stereocenters. The van der Waals surface area contributed by atoms with Crippen LogP contribution in [0.4, 0.5) is 0 Å². The number of hydrogen-bond donors (Lipinski definition) is 3. The molecule has 0 bridgehead atoms. The van der Waals surface area contributed by atoms with Crippen LogP contribution in [0.5, 0.6) is 0 Å². The maximum atomic E-state index is 9.94. The van der Waals surface area contributed by atoms with Crippen molar-refractivity contribution in [3.63, 3.8) is 0 Å². The fourth-order valence-electron chi connectivity index (χ4n) is 0.179. The molecule has 0 heterocycles. The molecular formula is C4H9NO3. The third-order valence-electron chi connectivity index (χ3n) is 0.716. The summed E-state index contributed by atoms with van der Waals surface area (Å²) in [6.45, 7) is 1.02. The Morgan fingerprint density at radius 3 is 2.38 bits per heavy atom. The zero-order valence-corrected chi connectivity index (χ0v) is 4.46. The van der Waals surface area contributed by atoms with Gasteiger partial charge in [-0.1, -0.05) is 0 Å². The van der Waals surface area contributed by atoms with Gasteiger partial charge in [0.1, 0.15) is 6.04 Å². The van der Waals surface area contributed by atoms with Crippen LogP contribution in [0.1, 0.15) is 8.29 Å². The van der Waals surface area contributed by atoms with Crippen LogP contribution in [0.2, 0.25) is 0 Å². The Kier molecular flexibility index (Phi) is 1.82. The Morgan fingerprint density at radius 1 is 2.00 bits per heavy atom. The van der Waals surface area contributed by atoms with E-state index in [4.69, 9.17) is 17.3 Å². The monoisotopic (exact) mass is 120 g/mol. The Labute approximate surface area is 48.3 Å². The third-order valence-corrected chi connectivity index (χ3v) is 0.716. The molecule has 4 heteroatoms. The van der Waals surface area contributed by atoms with Crippen LogP contribution in [0.25, 0.3) is 0 Å². The zero-order chi connectivity index (χ0) is 7.65. The van der Waals surface area contributed by atoms with Crippen molar-refractivity contribution in [2.75, 3.05) is 0 Å². The van der Waals surface area contributed by atoms with Gasteiger partial charge in [0.2, 0.25) is 0 Å². The van der Waals surface area contributed by atoms with Gasteiger partial charge in [-0.15, -0.1) is 0 Å². The van der Waals surface area contributed by atoms with Crippen LogP contribution in [0.3, 0.4) is 0 Å². The number of carboxylic acids is 1. The number of carboxylic acid groups (broad SMARTS) is 1. The first-order valence-corrected chi connectivity index (χ1v) is 2.06. The van der Waals surface area contributed by atoms with Gasteiger partial charge >= 0.3 is 5.97 Å². The van der Waals surface area contributed by atoms with Gasteiger partial charge in [0, 0.05) is 0 Å². The van der Waals surface area contributed by atoms with E-state index in [2.05, 4.69) is 0 Å². The van der Waals surface area contributed by atoms with Gasteiger partial charge in [-0.05, 0) is 6.92 Å². The van der Waals surface area contributed by atoms with E-state index in [9.17, 15) is 4.79 Å². The topological polar surface area (TPSA) is 83.5 Å². The minimum absolute atomic E-state index is 1.02. The standard InChI is InChI=1S/C4H9NO3/c1-2(6)3(5)4(7)8/h2-3,6H,5H2,1H3,(H,7,8)/t2?,3-/m0/s1/i2D. The smallest absolute Gasteiger partial charge is 0.323 e. The minimum atomic E-state index is -2.09. The summed E-state index contributed by atoms with van der Waals surface area (Å²) in [4.78, 5) is 9.94. The molecule has 0 spiro atoms. The lowest BCUT2D eigenvalue weighted by molar-refractivity contribution is -0.140. The van der Waals surface area contributed by atoms with Gasteiger partial charge in [0.25, 0.3) is 0 Å². The summed E-state index contributed by atoms with van der Waals surface area (Å²) in [6.07, 6.45) is -2.09. The van der Waals surface area contributed by atoms with E-state index in [1.54, 1.807) is 0 Å². The number of carbonyl (C=O) groups is 1. The lowest BCUT2D eigenvalue weighted by Crippen LogP contribution is -2.39. The fourth-order valence-corrected chi connectivity index (χ4v) is 0.179. The van der Waals surface area contributed by atoms with E-state index in [1.807, 2.05) is 0 Å². The second-order valence-corrected chi connectivity index (χ2v) is 1.46. The molecule has 0 rings (SSSR count). The second kappa shape index (κ2) is 2.64. The quantitative estimate of drug-likeness (QED) is 0.426. The predicted octanol–water partition coefficient (Wildman–Crippen LogP) is -1.22. The van der Waals surface area contributed by atoms with Crippen molar-refractivity contribution in [3.05, 3.63) is 0 Å². The lowest BCUT2D eigenvalue weighted by atomic mass is 10.2. The van der Waals surface area contributed by atoms with Crippen LogP contribution in [0, 0.1) is 0 Å². The van der Waals surface area contributed by atoms with E-state index in [0.717, 1.165) is 6.92 Å². The first kappa shape index (κ1) is 5.53. The van der Waals surface area contributed by atoms with Gasteiger partial charge in [-0.3, -0.25) is 4.79 Å². The molecular weight excluding hydrogens is 110 g/mol. The van der Waals surface area contributed by atoms with E-state index in [-0.39, 0.29) is 0 Å². The lowest BCUT2D eigenvalue weighted by Gasteiger charge is -2.06. The Hall–Kier alpha value is -0.610. The van der Waals surface area contributed by atoms with Crippen molar-refractivity contribution < 1.29 is 16.4 Å². The molecule has 0 aliphatic rings. The van der Waals surface area contributed by atoms with Crippen molar-refractivity contribution in [2.45, 2.75) is 19.0 Å². The third kappa shape index (κ3) is 1.90. The Balaban J connectivity index is 4.04. The molecule has 1 unspecified atom stereocenters. The average Bonchev–Trinajstić information content (AvgIpc) is 1.62. The molecule has 0 fully saturated rings. The van der Waals surface area contributed by atoms with E-state index >= 15 is 0 Å². The summed E-state index contributed by atoms with van der Waals surface area (Å²) in [5, 5.41) is 16.7. The van der Waals surface area contributed by atoms with Crippen LogP contribution in [-0.4, -0.2) is 28.3 Å². The molecule has 0 aliphatic heterocycles. The minimum Gasteiger partial charge on any atom is -0.480 e. The number of nitrogens with two attached hydrogens (primary N) is 1. The SMILES string of the molecule is [2H]C(C)(O)[C@H](N)C(=O)O. The first-order chi connectivity index (χ1) is 3.85. The molecule has 4 nitrogen and oxygen atoms in total. The van der Waals surface area contributed by atoms with Crippen LogP contribution in [0.15, 0.2) is 0 Å². The molecule has 0 aromatic rings. The maximum Gasteiger partial charge on any atom is 0.323 e. The maximum absolute atomic E-state index is 9.94. The largest absolute Gasteiger partial charge is 0.480 e. The highest BCUT2D eigenvalue weighted by atomic mass is 16.4. The molecule has 0 amide bonds. The average molecular weight is 120 g/mol. The van der Waals surface area contributed by atoms with Crippen molar-refractivity contribution in [2.24, 2.45) is 5.73 Å². The molecule has 8 heavy (non-hydrogen) atoms. The van der Waals surface area contributed by atoms with E-state index in [0.29, 0.717) is 0 Å². The van der Waals surface area contributed by atoms with Gasteiger partial charge in [0.15, 0.2) is 0 Å². The summed E-state index contributed by atoms with van der Waals surface area (Å²) in [5.74, 6) is -1.38. The summed E-state index contributed by atoms with van der Waals surface area (Å²) in [5.41, 5.74) is 4.86. The van der Waals surface area contributed by atoms with E-state index < -0.39 is 18.1 Å². The highest BCUT2D eigenvalue weighted by molar-refractivity contribution is 5.73. The van der Waals surface area contributed by atoms with Crippen molar-refractivity contribution in [3.8, 4) is 0 Å². The molecule has 4 N–H and O–H groups in total. The summed E-state index contributed by atoms with van der Waals surface area (Å²) in [7, 11) is 0. The number of aliphatic carboxylic acids is 1. The van der Waals surface area contributed by atoms with Gasteiger partial charge in [-0.25, -0.2) is 0 Å². The number of hydrogen-bond acceptors (Lipinski definition) is 3. The fraction of sp³-hybridized carbons (Fsp3) is 0.750. The van der Waals surface area contributed by atoms with Crippen LogP contribution >= 0.6 is 0 Å². The predicted molar refractivity (Wildman–Crippen MR) is 27.3 cm³/mol. The highest BCUT2D eigenvalue weighted by Crippen LogP contribution is 1.85. The van der Waals surface area contributed by atoms with Gasteiger partial charge < -0.3 is 15.9 Å². The number of aliphatic hydroxyl groups is 1. The van der Waals surface area contributed by atoms with Gasteiger partial charge in [0.05, 0.1) is 7.45 Å². The van der Waals surface area contributed by atoms with Crippen LogP contribution < -0.4 is 5.73 Å². The molecule has 0 radical (unpaired) electrons. The second-order valence-electron chi connectivity index (χ2n) is 1.46. The molecule has 0 aromatic heterocycles. The summed E-state index contributed by atoms with van der Waals surface area (Å²) >= 11 is 0. The zero-order valence-electron chi connectivity index (χ0n) is 5.46. The molecule has 0 saturated carbocycles.